The maximum absolute atomic E-state index is 11.8. The molecule has 0 aliphatic heterocycles. The highest BCUT2D eigenvalue weighted by molar-refractivity contribution is 5.90. The van der Waals surface area contributed by atoms with Crippen LogP contribution < -0.4 is 10.1 Å². The Kier molecular flexibility index (Phi) is 4.10. The van der Waals surface area contributed by atoms with Gasteiger partial charge in [-0.05, 0) is 24.3 Å². The molecule has 6 nitrogen and oxygen atoms in total. The van der Waals surface area contributed by atoms with Crippen molar-refractivity contribution in [2.45, 2.75) is 6.54 Å². The SMILES string of the molecule is O=C(Cn1cccc1)Nc1cnc(Oc2ccccc2)nc1. The van der Waals surface area contributed by atoms with Crippen LogP contribution in [-0.4, -0.2) is 20.4 Å². The zero-order valence-corrected chi connectivity index (χ0v) is 11.7. The molecule has 0 bridgehead atoms. The number of aromatic nitrogens is 3. The van der Waals surface area contributed by atoms with Crippen molar-refractivity contribution in [1.29, 1.82) is 0 Å². The number of para-hydroxylation sites is 1. The first-order chi connectivity index (χ1) is 10.8. The van der Waals surface area contributed by atoms with Gasteiger partial charge in [-0.15, -0.1) is 0 Å². The van der Waals surface area contributed by atoms with Gasteiger partial charge in [0.05, 0.1) is 18.1 Å². The van der Waals surface area contributed by atoms with Gasteiger partial charge in [-0.1, -0.05) is 18.2 Å². The van der Waals surface area contributed by atoms with Crippen LogP contribution in [0.3, 0.4) is 0 Å². The van der Waals surface area contributed by atoms with Gasteiger partial charge in [-0.2, -0.15) is 0 Å². The molecule has 0 fully saturated rings. The highest BCUT2D eigenvalue weighted by atomic mass is 16.5. The smallest absolute Gasteiger partial charge is 0.322 e. The van der Waals surface area contributed by atoms with E-state index in [2.05, 4.69) is 15.3 Å². The predicted octanol–water partition coefficient (Wildman–Crippen LogP) is 2.71. The third-order valence-electron chi connectivity index (χ3n) is 2.86. The fourth-order valence-corrected chi connectivity index (χ4v) is 1.87. The molecule has 2 heterocycles. The second kappa shape index (κ2) is 6.53. The van der Waals surface area contributed by atoms with E-state index < -0.39 is 0 Å². The second-order valence-electron chi connectivity index (χ2n) is 4.57. The number of rotatable bonds is 5. The predicted molar refractivity (Wildman–Crippen MR) is 81.6 cm³/mol. The van der Waals surface area contributed by atoms with E-state index in [1.807, 2.05) is 54.9 Å². The quantitative estimate of drug-likeness (QED) is 0.785. The minimum atomic E-state index is -0.142. The van der Waals surface area contributed by atoms with E-state index in [1.54, 1.807) is 4.57 Å². The number of carbonyl (C=O) groups excluding carboxylic acids is 1. The van der Waals surface area contributed by atoms with E-state index in [0.717, 1.165) is 0 Å². The number of carbonyl (C=O) groups is 1. The van der Waals surface area contributed by atoms with Crippen molar-refractivity contribution in [3.8, 4) is 11.8 Å². The molecule has 0 radical (unpaired) electrons. The first-order valence-corrected chi connectivity index (χ1v) is 6.75. The molecule has 0 aliphatic rings. The molecule has 22 heavy (non-hydrogen) atoms. The highest BCUT2D eigenvalue weighted by Gasteiger charge is 2.05. The first kappa shape index (κ1) is 13.8. The lowest BCUT2D eigenvalue weighted by Gasteiger charge is -2.07. The number of benzene rings is 1. The van der Waals surface area contributed by atoms with Crippen molar-refractivity contribution in [1.82, 2.24) is 14.5 Å². The van der Waals surface area contributed by atoms with E-state index in [9.17, 15) is 4.79 Å². The number of anilines is 1. The van der Waals surface area contributed by atoms with Gasteiger partial charge < -0.3 is 14.6 Å². The number of nitrogens with zero attached hydrogens (tertiary/aromatic N) is 3. The van der Waals surface area contributed by atoms with Gasteiger partial charge in [0.25, 0.3) is 0 Å². The van der Waals surface area contributed by atoms with Crippen molar-refractivity contribution in [3.63, 3.8) is 0 Å². The van der Waals surface area contributed by atoms with Gasteiger partial charge in [0.15, 0.2) is 0 Å². The molecular formula is C16H14N4O2. The summed E-state index contributed by atoms with van der Waals surface area (Å²) < 4.78 is 7.27. The fourth-order valence-electron chi connectivity index (χ4n) is 1.87. The molecule has 0 unspecified atom stereocenters. The summed E-state index contributed by atoms with van der Waals surface area (Å²) in [5.74, 6) is 0.517. The molecule has 1 amide bonds. The molecule has 0 spiro atoms. The van der Waals surface area contributed by atoms with Crippen LogP contribution >= 0.6 is 0 Å². The Hall–Kier alpha value is -3.15. The van der Waals surface area contributed by atoms with Crippen LogP contribution in [0.5, 0.6) is 11.8 Å². The number of amides is 1. The van der Waals surface area contributed by atoms with Gasteiger partial charge in [0.1, 0.15) is 12.3 Å². The van der Waals surface area contributed by atoms with Crippen LogP contribution in [0.2, 0.25) is 0 Å². The van der Waals surface area contributed by atoms with Gasteiger partial charge in [-0.25, -0.2) is 9.97 Å². The zero-order valence-electron chi connectivity index (χ0n) is 11.7. The first-order valence-electron chi connectivity index (χ1n) is 6.75. The van der Waals surface area contributed by atoms with E-state index in [-0.39, 0.29) is 18.5 Å². The van der Waals surface area contributed by atoms with Gasteiger partial charge in [-0.3, -0.25) is 4.79 Å². The summed E-state index contributed by atoms with van der Waals surface area (Å²) in [4.78, 5) is 20.0. The van der Waals surface area contributed by atoms with Crippen molar-refractivity contribution in [3.05, 3.63) is 67.3 Å². The Morgan fingerprint density at radius 3 is 2.41 bits per heavy atom. The van der Waals surface area contributed by atoms with Crippen molar-refractivity contribution >= 4 is 11.6 Å². The lowest BCUT2D eigenvalue weighted by molar-refractivity contribution is -0.116. The lowest BCUT2D eigenvalue weighted by atomic mass is 10.3. The standard InChI is InChI=1S/C16H14N4O2/c21-15(12-20-8-4-5-9-20)19-13-10-17-16(18-11-13)22-14-6-2-1-3-7-14/h1-11H,12H2,(H,19,21). The monoisotopic (exact) mass is 294 g/mol. The molecule has 3 aromatic rings. The topological polar surface area (TPSA) is 69.0 Å². The summed E-state index contributed by atoms with van der Waals surface area (Å²) in [5.41, 5.74) is 0.526. The van der Waals surface area contributed by atoms with Crippen LogP contribution in [0.15, 0.2) is 67.3 Å². The number of hydrogen-bond acceptors (Lipinski definition) is 4. The normalized spacial score (nSPS) is 10.2. The molecule has 2 aromatic heterocycles. The summed E-state index contributed by atoms with van der Waals surface area (Å²) in [6.45, 7) is 0.245. The largest absolute Gasteiger partial charge is 0.424 e. The fraction of sp³-hybridized carbons (Fsp3) is 0.0625. The second-order valence-corrected chi connectivity index (χ2v) is 4.57. The Morgan fingerprint density at radius 2 is 1.73 bits per heavy atom. The molecular weight excluding hydrogens is 280 g/mol. The summed E-state index contributed by atoms with van der Waals surface area (Å²) in [6, 6.07) is 13.2. The average Bonchev–Trinajstić information content (AvgIpc) is 3.03. The minimum absolute atomic E-state index is 0.142. The number of hydrogen-bond donors (Lipinski definition) is 1. The van der Waals surface area contributed by atoms with Crippen molar-refractivity contribution < 1.29 is 9.53 Å². The maximum atomic E-state index is 11.8. The highest BCUT2D eigenvalue weighted by Crippen LogP contribution is 2.17. The lowest BCUT2D eigenvalue weighted by Crippen LogP contribution is -2.18. The molecule has 110 valence electrons. The van der Waals surface area contributed by atoms with Gasteiger partial charge in [0.2, 0.25) is 5.91 Å². The summed E-state index contributed by atoms with van der Waals surface area (Å²) >= 11 is 0. The Labute approximate surface area is 127 Å². The van der Waals surface area contributed by atoms with Crippen LogP contribution in [0.1, 0.15) is 0 Å². The Balaban J connectivity index is 1.58. The molecule has 0 saturated carbocycles. The minimum Gasteiger partial charge on any atom is -0.424 e. The molecule has 0 atom stereocenters. The van der Waals surface area contributed by atoms with Gasteiger partial charge in [0, 0.05) is 12.4 Å². The van der Waals surface area contributed by atoms with Crippen molar-refractivity contribution in [2.75, 3.05) is 5.32 Å². The van der Waals surface area contributed by atoms with E-state index in [4.69, 9.17) is 4.74 Å². The van der Waals surface area contributed by atoms with Crippen molar-refractivity contribution in [2.24, 2.45) is 0 Å². The number of nitrogens with one attached hydrogen (secondary N) is 1. The molecule has 0 saturated heterocycles. The van der Waals surface area contributed by atoms with E-state index >= 15 is 0 Å². The molecule has 1 N–H and O–H groups in total. The number of ether oxygens (including phenoxy) is 1. The van der Waals surface area contributed by atoms with Crippen LogP contribution in [-0.2, 0) is 11.3 Å². The van der Waals surface area contributed by atoms with Crippen LogP contribution in [0, 0.1) is 0 Å². The third-order valence-corrected chi connectivity index (χ3v) is 2.86. The molecule has 1 aromatic carbocycles. The Morgan fingerprint density at radius 1 is 1.05 bits per heavy atom. The average molecular weight is 294 g/mol. The Bertz CT molecular complexity index is 725. The van der Waals surface area contributed by atoms with Crippen LogP contribution in [0.25, 0.3) is 0 Å². The summed E-state index contributed by atoms with van der Waals surface area (Å²) in [6.07, 6.45) is 6.68. The van der Waals surface area contributed by atoms with E-state index in [1.165, 1.54) is 12.4 Å². The van der Waals surface area contributed by atoms with Crippen LogP contribution in [0.4, 0.5) is 5.69 Å². The van der Waals surface area contributed by atoms with Gasteiger partial charge >= 0.3 is 6.01 Å². The summed E-state index contributed by atoms with van der Waals surface area (Å²) in [7, 11) is 0. The maximum Gasteiger partial charge on any atom is 0.322 e. The molecule has 0 aliphatic carbocycles. The summed E-state index contributed by atoms with van der Waals surface area (Å²) in [5, 5.41) is 2.73. The third kappa shape index (κ3) is 3.69. The zero-order chi connectivity index (χ0) is 15.2. The molecule has 6 heteroatoms. The molecule has 3 rings (SSSR count). The van der Waals surface area contributed by atoms with E-state index in [0.29, 0.717) is 11.4 Å².